The first-order valence-electron chi connectivity index (χ1n) is 8.98. The highest BCUT2D eigenvalue weighted by molar-refractivity contribution is 7.86. The Labute approximate surface area is 169 Å². The van der Waals surface area contributed by atoms with Crippen molar-refractivity contribution in [2.75, 3.05) is 0 Å². The van der Waals surface area contributed by atoms with Gasteiger partial charge in [0.15, 0.2) is 0 Å². The summed E-state index contributed by atoms with van der Waals surface area (Å²) in [4.78, 5) is -0.238. The average molecular weight is 401 g/mol. The van der Waals surface area contributed by atoms with Crippen LogP contribution in [0.25, 0.3) is 33.4 Å². The maximum absolute atomic E-state index is 12.3. The molecule has 4 nitrogen and oxygen atoms in total. The van der Waals surface area contributed by atoms with Crippen molar-refractivity contribution in [2.45, 2.75) is 4.90 Å². The van der Waals surface area contributed by atoms with Crippen molar-refractivity contribution in [3.05, 3.63) is 97.1 Å². The molecule has 4 aromatic rings. The van der Waals surface area contributed by atoms with E-state index in [1.165, 1.54) is 0 Å². The molecule has 0 heterocycles. The molecule has 144 valence electrons. The molecule has 0 radical (unpaired) electrons. The van der Waals surface area contributed by atoms with Crippen LogP contribution in [0.15, 0.2) is 102 Å². The van der Waals surface area contributed by atoms with Crippen molar-refractivity contribution >= 4 is 10.1 Å². The lowest BCUT2D eigenvalue weighted by Crippen LogP contribution is -2.05. The normalized spacial score (nSPS) is 11.3. The van der Waals surface area contributed by atoms with Crippen LogP contribution in [0.3, 0.4) is 0 Å². The fourth-order valence-electron chi connectivity index (χ4n) is 3.38. The Morgan fingerprint density at radius 1 is 0.586 bits per heavy atom. The van der Waals surface area contributed by atoms with Crippen molar-refractivity contribution in [1.82, 2.24) is 0 Å². The van der Waals surface area contributed by atoms with Gasteiger partial charge in [-0.1, -0.05) is 72.8 Å². The van der Waals surface area contributed by atoms with Crippen molar-refractivity contribution in [3.63, 3.8) is 0 Å². The summed E-state index contributed by atoms with van der Waals surface area (Å²) in [7, 11) is -4.76. The summed E-state index contributed by atoms with van der Waals surface area (Å²) in [5.41, 5.74) is 3.52. The predicted molar refractivity (Wildman–Crippen MR) is 112 cm³/mol. The third kappa shape index (κ3) is 3.92. The average Bonchev–Trinajstić information content (AvgIpc) is 2.74. The fourth-order valence-corrected chi connectivity index (χ4v) is 4.28. The minimum atomic E-state index is -4.76. The van der Waals surface area contributed by atoms with Gasteiger partial charge in [0.1, 0.15) is 15.9 Å². The van der Waals surface area contributed by atoms with Gasteiger partial charge in [-0.2, -0.15) is 0 Å². The van der Waals surface area contributed by atoms with E-state index in [1.54, 1.807) is 84.9 Å². The Morgan fingerprint density at radius 3 is 1.45 bits per heavy atom. The van der Waals surface area contributed by atoms with Crippen molar-refractivity contribution in [3.8, 4) is 39.1 Å². The second kappa shape index (κ2) is 7.54. The van der Waals surface area contributed by atoms with Gasteiger partial charge in [-0.15, -0.1) is 0 Å². The van der Waals surface area contributed by atoms with E-state index in [0.717, 1.165) is 11.1 Å². The fraction of sp³-hybridized carbons (Fsp3) is 0. The van der Waals surface area contributed by atoms with Crippen LogP contribution in [0.5, 0.6) is 5.75 Å². The molecule has 0 aliphatic rings. The lowest BCUT2D eigenvalue weighted by Gasteiger charge is -2.20. The zero-order valence-corrected chi connectivity index (χ0v) is 16.1. The molecule has 0 aliphatic heterocycles. The molecule has 1 N–H and O–H groups in total. The zero-order chi connectivity index (χ0) is 20.4. The molecule has 29 heavy (non-hydrogen) atoms. The zero-order valence-electron chi connectivity index (χ0n) is 15.3. The van der Waals surface area contributed by atoms with E-state index in [4.69, 9.17) is 0 Å². The standard InChI is InChI=1S/C24H18O4S/c25-21-13-11-17(12-14-21)20-15-22(18-7-3-1-4-8-18)24(29(26,27)28)23(16-20)19-9-5-2-6-10-19/h1-16,25H,(H,26,27,28)/p-1. The van der Waals surface area contributed by atoms with Crippen molar-refractivity contribution in [2.24, 2.45) is 0 Å². The summed E-state index contributed by atoms with van der Waals surface area (Å²) in [5.74, 6) is 0.138. The summed E-state index contributed by atoms with van der Waals surface area (Å²) < 4.78 is 37.0. The number of hydrogen-bond acceptors (Lipinski definition) is 4. The number of phenolic OH excluding ortho intramolecular Hbond substituents is 1. The molecule has 4 rings (SSSR count). The van der Waals surface area contributed by atoms with Gasteiger partial charge in [0.25, 0.3) is 0 Å². The first kappa shape index (κ1) is 18.9. The third-order valence-electron chi connectivity index (χ3n) is 4.71. The van der Waals surface area contributed by atoms with Gasteiger partial charge in [-0.05, 0) is 46.5 Å². The van der Waals surface area contributed by atoms with E-state index in [0.29, 0.717) is 22.3 Å². The minimum absolute atomic E-state index is 0.138. The van der Waals surface area contributed by atoms with E-state index in [-0.39, 0.29) is 10.6 Å². The summed E-state index contributed by atoms with van der Waals surface area (Å²) in [6.45, 7) is 0. The second-order valence-electron chi connectivity index (χ2n) is 6.63. The van der Waals surface area contributed by atoms with E-state index in [9.17, 15) is 18.1 Å². The summed E-state index contributed by atoms with van der Waals surface area (Å²) in [6.07, 6.45) is 0. The SMILES string of the molecule is O=S(=O)([O-])c1c(-c2ccccc2)cc(-c2ccc(O)cc2)cc1-c1ccccc1. The number of hydrogen-bond donors (Lipinski definition) is 1. The Morgan fingerprint density at radius 2 is 1.03 bits per heavy atom. The third-order valence-corrected chi connectivity index (χ3v) is 5.65. The molecule has 0 bridgehead atoms. The van der Waals surface area contributed by atoms with Crippen LogP contribution < -0.4 is 0 Å². The molecule has 0 unspecified atom stereocenters. The Hall–Kier alpha value is -3.41. The highest BCUT2D eigenvalue weighted by Gasteiger charge is 2.19. The molecular formula is C24H17O4S-. The van der Waals surface area contributed by atoms with Crippen molar-refractivity contribution < 1.29 is 18.1 Å². The minimum Gasteiger partial charge on any atom is -0.744 e. The van der Waals surface area contributed by atoms with Gasteiger partial charge in [-0.25, -0.2) is 8.42 Å². The molecular weight excluding hydrogens is 384 g/mol. The largest absolute Gasteiger partial charge is 0.744 e. The van der Waals surface area contributed by atoms with E-state index < -0.39 is 10.1 Å². The van der Waals surface area contributed by atoms with Crippen LogP contribution in [0.1, 0.15) is 0 Å². The maximum atomic E-state index is 12.3. The van der Waals surface area contributed by atoms with Crippen LogP contribution in [-0.4, -0.2) is 18.1 Å². The molecule has 0 atom stereocenters. The molecule has 0 aromatic heterocycles. The number of aromatic hydroxyl groups is 1. The van der Waals surface area contributed by atoms with Crippen LogP contribution in [0.4, 0.5) is 0 Å². The Kier molecular flexibility index (Phi) is 4.92. The van der Waals surface area contributed by atoms with Gasteiger partial charge in [-0.3, -0.25) is 0 Å². The van der Waals surface area contributed by atoms with E-state index in [1.807, 2.05) is 12.1 Å². The summed E-state index contributed by atoms with van der Waals surface area (Å²) in [6, 6.07) is 28.0. The molecule has 0 aliphatic carbocycles. The Balaban J connectivity index is 2.10. The highest BCUT2D eigenvalue weighted by Crippen LogP contribution is 2.40. The smallest absolute Gasteiger partial charge is 0.125 e. The predicted octanol–water partition coefficient (Wildman–Crippen LogP) is 5.30. The summed E-state index contributed by atoms with van der Waals surface area (Å²) in [5, 5.41) is 9.60. The lowest BCUT2D eigenvalue weighted by molar-refractivity contribution is 0.463. The topological polar surface area (TPSA) is 77.4 Å². The first-order valence-corrected chi connectivity index (χ1v) is 10.4. The van der Waals surface area contributed by atoms with Crippen LogP contribution in [-0.2, 0) is 10.1 Å². The van der Waals surface area contributed by atoms with Gasteiger partial charge in [0.05, 0.1) is 4.90 Å². The van der Waals surface area contributed by atoms with Crippen LogP contribution in [0, 0.1) is 0 Å². The Bertz CT molecular complexity index is 1190. The molecule has 0 amide bonds. The number of rotatable bonds is 4. The first-order chi connectivity index (χ1) is 13.9. The molecule has 0 spiro atoms. The van der Waals surface area contributed by atoms with Gasteiger partial charge < -0.3 is 9.66 Å². The van der Waals surface area contributed by atoms with Gasteiger partial charge >= 0.3 is 0 Å². The maximum Gasteiger partial charge on any atom is 0.125 e. The van der Waals surface area contributed by atoms with Gasteiger partial charge in [0, 0.05) is 11.1 Å². The van der Waals surface area contributed by atoms with Gasteiger partial charge in [0.2, 0.25) is 0 Å². The second-order valence-corrected chi connectivity index (χ2v) is 7.95. The molecule has 0 saturated carbocycles. The molecule has 5 heteroatoms. The summed E-state index contributed by atoms with van der Waals surface area (Å²) >= 11 is 0. The van der Waals surface area contributed by atoms with Crippen LogP contribution in [0.2, 0.25) is 0 Å². The monoisotopic (exact) mass is 401 g/mol. The molecule has 4 aromatic carbocycles. The lowest BCUT2D eigenvalue weighted by atomic mass is 9.93. The van der Waals surface area contributed by atoms with E-state index >= 15 is 0 Å². The van der Waals surface area contributed by atoms with E-state index in [2.05, 4.69) is 0 Å². The quantitative estimate of drug-likeness (QED) is 0.471. The molecule has 0 saturated heterocycles. The number of phenols is 1. The van der Waals surface area contributed by atoms with Crippen molar-refractivity contribution in [1.29, 1.82) is 0 Å². The van der Waals surface area contributed by atoms with Crippen LogP contribution >= 0.6 is 0 Å². The number of benzene rings is 4. The molecule has 0 fully saturated rings. The highest BCUT2D eigenvalue weighted by atomic mass is 32.2.